The SMILES string of the molecule is CC(C)CCC(C)N(C)c1ccc(N(C)C(C)CCC(C)C)cc1. The lowest BCUT2D eigenvalue weighted by atomic mass is 10.0. The van der Waals surface area contributed by atoms with Crippen LogP contribution in [-0.4, -0.2) is 26.2 Å². The molecule has 0 saturated carbocycles. The number of hydrogen-bond acceptors (Lipinski definition) is 2. The Morgan fingerprint density at radius 3 is 1.12 bits per heavy atom. The van der Waals surface area contributed by atoms with Gasteiger partial charge in [-0.05, 0) is 75.6 Å². The highest BCUT2D eigenvalue weighted by atomic mass is 15.1. The molecule has 0 aliphatic rings. The van der Waals surface area contributed by atoms with Gasteiger partial charge in [-0.2, -0.15) is 0 Å². The molecule has 2 unspecified atom stereocenters. The Morgan fingerprint density at radius 1 is 0.583 bits per heavy atom. The standard InChI is InChI=1S/C22H40N2/c1-17(2)9-11-19(5)23(7)21-13-15-22(16-14-21)24(8)20(6)12-10-18(3)4/h13-20H,9-12H2,1-8H3. The predicted molar refractivity (Wildman–Crippen MR) is 110 cm³/mol. The topological polar surface area (TPSA) is 6.48 Å². The van der Waals surface area contributed by atoms with Crippen LogP contribution in [0.3, 0.4) is 0 Å². The predicted octanol–water partition coefficient (Wildman–Crippen LogP) is 6.21. The van der Waals surface area contributed by atoms with Crippen LogP contribution >= 0.6 is 0 Å². The third-order valence-corrected chi connectivity index (χ3v) is 5.31. The minimum absolute atomic E-state index is 0.584. The minimum Gasteiger partial charge on any atom is -0.372 e. The molecule has 1 aromatic rings. The third kappa shape index (κ3) is 6.75. The Morgan fingerprint density at radius 2 is 0.875 bits per heavy atom. The summed E-state index contributed by atoms with van der Waals surface area (Å²) in [4.78, 5) is 4.82. The lowest BCUT2D eigenvalue weighted by Crippen LogP contribution is -2.30. The molecule has 0 spiro atoms. The van der Waals surface area contributed by atoms with E-state index in [2.05, 4.69) is 89.7 Å². The van der Waals surface area contributed by atoms with Gasteiger partial charge in [0.1, 0.15) is 0 Å². The summed E-state index contributed by atoms with van der Waals surface area (Å²) < 4.78 is 0. The summed E-state index contributed by atoms with van der Waals surface area (Å²) in [6.07, 6.45) is 5.09. The minimum atomic E-state index is 0.584. The van der Waals surface area contributed by atoms with E-state index in [-0.39, 0.29) is 0 Å². The van der Waals surface area contributed by atoms with Gasteiger partial charge in [-0.3, -0.25) is 0 Å². The summed E-state index contributed by atoms with van der Waals surface area (Å²) in [7, 11) is 4.43. The van der Waals surface area contributed by atoms with Crippen molar-refractivity contribution in [3.05, 3.63) is 24.3 Å². The third-order valence-electron chi connectivity index (χ3n) is 5.31. The van der Waals surface area contributed by atoms with Crippen molar-refractivity contribution in [3.8, 4) is 0 Å². The monoisotopic (exact) mass is 332 g/mol. The van der Waals surface area contributed by atoms with Gasteiger partial charge < -0.3 is 9.80 Å². The summed E-state index contributed by atoms with van der Waals surface area (Å²) in [6, 6.07) is 10.3. The zero-order chi connectivity index (χ0) is 18.3. The van der Waals surface area contributed by atoms with Crippen LogP contribution in [0.25, 0.3) is 0 Å². The fourth-order valence-corrected chi connectivity index (χ4v) is 2.97. The molecule has 0 saturated heterocycles. The molecule has 1 rings (SSSR count). The lowest BCUT2D eigenvalue weighted by molar-refractivity contribution is 0.502. The summed E-state index contributed by atoms with van der Waals surface area (Å²) in [5, 5.41) is 0. The average molecular weight is 333 g/mol. The number of anilines is 2. The first kappa shape index (κ1) is 20.9. The molecular weight excluding hydrogens is 292 g/mol. The molecule has 0 bridgehead atoms. The normalized spacial score (nSPS) is 14.1. The second kappa shape index (κ2) is 9.96. The first-order valence-electron chi connectivity index (χ1n) is 9.78. The first-order valence-corrected chi connectivity index (χ1v) is 9.78. The van der Waals surface area contributed by atoms with Crippen LogP contribution in [0.1, 0.15) is 67.2 Å². The van der Waals surface area contributed by atoms with E-state index in [0.29, 0.717) is 12.1 Å². The molecule has 2 nitrogen and oxygen atoms in total. The van der Waals surface area contributed by atoms with Crippen molar-refractivity contribution in [2.45, 2.75) is 79.3 Å². The van der Waals surface area contributed by atoms with Crippen LogP contribution in [0.4, 0.5) is 11.4 Å². The van der Waals surface area contributed by atoms with E-state index >= 15 is 0 Å². The van der Waals surface area contributed by atoms with E-state index in [4.69, 9.17) is 0 Å². The molecule has 0 heterocycles. The molecular formula is C22H40N2. The molecule has 0 radical (unpaired) electrons. The van der Waals surface area contributed by atoms with E-state index in [0.717, 1.165) is 11.8 Å². The van der Waals surface area contributed by atoms with Gasteiger partial charge in [-0.25, -0.2) is 0 Å². The maximum absolute atomic E-state index is 2.41. The molecule has 2 atom stereocenters. The van der Waals surface area contributed by atoms with Gasteiger partial charge in [0.15, 0.2) is 0 Å². The molecule has 0 fully saturated rings. The second-order valence-corrected chi connectivity index (χ2v) is 8.38. The zero-order valence-corrected chi connectivity index (χ0v) is 17.3. The molecule has 0 amide bonds. The smallest absolute Gasteiger partial charge is 0.0367 e. The molecule has 138 valence electrons. The number of rotatable bonds is 10. The van der Waals surface area contributed by atoms with Crippen LogP contribution in [-0.2, 0) is 0 Å². The molecule has 24 heavy (non-hydrogen) atoms. The molecule has 0 aliphatic heterocycles. The maximum Gasteiger partial charge on any atom is 0.0367 e. The molecule has 0 aliphatic carbocycles. The van der Waals surface area contributed by atoms with E-state index in [1.54, 1.807) is 0 Å². The number of benzene rings is 1. The number of nitrogens with zero attached hydrogens (tertiary/aromatic N) is 2. The largest absolute Gasteiger partial charge is 0.372 e. The zero-order valence-electron chi connectivity index (χ0n) is 17.3. The lowest BCUT2D eigenvalue weighted by Gasteiger charge is -2.30. The molecule has 1 aromatic carbocycles. The number of hydrogen-bond donors (Lipinski definition) is 0. The van der Waals surface area contributed by atoms with Crippen LogP contribution < -0.4 is 9.80 Å². The quantitative estimate of drug-likeness (QED) is 0.502. The van der Waals surface area contributed by atoms with Gasteiger partial charge in [0.05, 0.1) is 0 Å². The van der Waals surface area contributed by atoms with E-state index in [1.165, 1.54) is 37.1 Å². The Labute approximate surface area is 151 Å². The van der Waals surface area contributed by atoms with Gasteiger partial charge in [-0.1, -0.05) is 27.7 Å². The summed E-state index contributed by atoms with van der Waals surface area (Å²) >= 11 is 0. The van der Waals surface area contributed by atoms with Crippen molar-refractivity contribution >= 4 is 11.4 Å². The summed E-state index contributed by atoms with van der Waals surface area (Å²) in [6.45, 7) is 13.9. The fourth-order valence-electron chi connectivity index (χ4n) is 2.97. The van der Waals surface area contributed by atoms with Crippen molar-refractivity contribution in [1.82, 2.24) is 0 Å². The highest BCUT2D eigenvalue weighted by Crippen LogP contribution is 2.24. The summed E-state index contributed by atoms with van der Waals surface area (Å²) in [5.74, 6) is 1.56. The second-order valence-electron chi connectivity index (χ2n) is 8.38. The van der Waals surface area contributed by atoms with E-state index < -0.39 is 0 Å². The Kier molecular flexibility index (Phi) is 8.66. The van der Waals surface area contributed by atoms with Gasteiger partial charge in [-0.15, -0.1) is 0 Å². The van der Waals surface area contributed by atoms with Crippen molar-refractivity contribution in [1.29, 1.82) is 0 Å². The molecule has 0 N–H and O–H groups in total. The van der Waals surface area contributed by atoms with Crippen molar-refractivity contribution < 1.29 is 0 Å². The van der Waals surface area contributed by atoms with Crippen LogP contribution in [0, 0.1) is 11.8 Å². The summed E-state index contributed by atoms with van der Waals surface area (Å²) in [5.41, 5.74) is 2.64. The van der Waals surface area contributed by atoms with Gasteiger partial charge in [0.25, 0.3) is 0 Å². The van der Waals surface area contributed by atoms with E-state index in [9.17, 15) is 0 Å². The Hall–Kier alpha value is -1.18. The van der Waals surface area contributed by atoms with Crippen LogP contribution in [0.2, 0.25) is 0 Å². The van der Waals surface area contributed by atoms with Gasteiger partial charge >= 0.3 is 0 Å². The molecule has 0 aromatic heterocycles. The average Bonchev–Trinajstić information content (AvgIpc) is 2.56. The maximum atomic E-state index is 2.41. The van der Waals surface area contributed by atoms with Gasteiger partial charge in [0, 0.05) is 37.6 Å². The van der Waals surface area contributed by atoms with Gasteiger partial charge in [0.2, 0.25) is 0 Å². The highest BCUT2D eigenvalue weighted by molar-refractivity contribution is 5.56. The Balaban J connectivity index is 2.64. The fraction of sp³-hybridized carbons (Fsp3) is 0.727. The van der Waals surface area contributed by atoms with Crippen molar-refractivity contribution in [3.63, 3.8) is 0 Å². The first-order chi connectivity index (χ1) is 11.2. The molecule has 2 heteroatoms. The van der Waals surface area contributed by atoms with E-state index in [1.807, 2.05) is 0 Å². The van der Waals surface area contributed by atoms with Crippen molar-refractivity contribution in [2.24, 2.45) is 11.8 Å². The Bertz CT molecular complexity index is 407. The van der Waals surface area contributed by atoms with Crippen LogP contribution in [0.15, 0.2) is 24.3 Å². The highest BCUT2D eigenvalue weighted by Gasteiger charge is 2.13. The van der Waals surface area contributed by atoms with Crippen LogP contribution in [0.5, 0.6) is 0 Å². The van der Waals surface area contributed by atoms with Crippen molar-refractivity contribution in [2.75, 3.05) is 23.9 Å².